The van der Waals surface area contributed by atoms with Gasteiger partial charge in [0.15, 0.2) is 0 Å². The van der Waals surface area contributed by atoms with E-state index >= 15 is 0 Å². The van der Waals surface area contributed by atoms with Crippen molar-refractivity contribution in [3.63, 3.8) is 0 Å². The van der Waals surface area contributed by atoms with Gasteiger partial charge in [0.25, 0.3) is 0 Å². The van der Waals surface area contributed by atoms with E-state index in [-0.39, 0.29) is 35.5 Å². The molecule has 0 N–H and O–H groups in total. The number of carbonyl (C=O) groups excluding carboxylic acids is 2. The molecular weight excluding hydrogens is 274 g/mol. The zero-order valence-corrected chi connectivity index (χ0v) is 11.6. The number of carbonyl (C=O) groups is 2. The summed E-state index contributed by atoms with van der Waals surface area (Å²) in [6.45, 7) is 0. The highest BCUT2D eigenvalue weighted by atomic mass is 35.5. The number of fused-ring (bicyclic) bond motifs is 1. The van der Waals surface area contributed by atoms with Crippen molar-refractivity contribution in [1.29, 1.82) is 0 Å². The highest BCUT2D eigenvalue weighted by molar-refractivity contribution is 6.31. The lowest BCUT2D eigenvalue weighted by molar-refractivity contribution is -0.124. The fraction of sp³-hybridized carbons (Fsp3) is 0.375. The Labute approximate surface area is 122 Å². The number of allylic oxidation sites excluding steroid dienone is 2. The first-order valence-electron chi connectivity index (χ1n) is 6.98. The van der Waals surface area contributed by atoms with Crippen LogP contribution in [-0.2, 0) is 9.59 Å². The second kappa shape index (κ2) is 4.19. The number of benzene rings is 1. The number of imide groups is 1. The number of rotatable bonds is 1. The van der Waals surface area contributed by atoms with Gasteiger partial charge in [0.1, 0.15) is 0 Å². The first kappa shape index (κ1) is 12.2. The molecule has 20 heavy (non-hydrogen) atoms. The smallest absolute Gasteiger partial charge is 0.238 e. The molecule has 2 bridgehead atoms. The summed E-state index contributed by atoms with van der Waals surface area (Å²) in [4.78, 5) is 26.7. The van der Waals surface area contributed by atoms with Crippen molar-refractivity contribution in [3.05, 3.63) is 41.4 Å². The quantitative estimate of drug-likeness (QED) is 0.588. The zero-order valence-electron chi connectivity index (χ0n) is 10.8. The van der Waals surface area contributed by atoms with Gasteiger partial charge < -0.3 is 0 Å². The molecule has 4 aliphatic rings. The van der Waals surface area contributed by atoms with Crippen LogP contribution < -0.4 is 4.90 Å². The molecule has 0 radical (unpaired) electrons. The van der Waals surface area contributed by atoms with E-state index in [0.717, 1.165) is 12.8 Å². The van der Waals surface area contributed by atoms with E-state index in [0.29, 0.717) is 10.7 Å². The van der Waals surface area contributed by atoms with Crippen LogP contribution in [0.5, 0.6) is 0 Å². The lowest BCUT2D eigenvalue weighted by Gasteiger charge is -2.38. The second-order valence-electron chi connectivity index (χ2n) is 5.83. The van der Waals surface area contributed by atoms with Crippen LogP contribution in [0.15, 0.2) is 36.4 Å². The topological polar surface area (TPSA) is 37.4 Å². The Bertz CT molecular complexity index is 607. The van der Waals surface area contributed by atoms with Gasteiger partial charge >= 0.3 is 0 Å². The summed E-state index contributed by atoms with van der Waals surface area (Å²) in [7, 11) is 0. The molecule has 5 rings (SSSR count). The molecule has 1 saturated carbocycles. The minimum atomic E-state index is -0.162. The Morgan fingerprint density at radius 2 is 1.60 bits per heavy atom. The summed E-state index contributed by atoms with van der Waals surface area (Å²) in [6.07, 6.45) is 6.29. The molecule has 1 aromatic rings. The molecule has 1 aromatic carbocycles. The maximum Gasteiger partial charge on any atom is 0.238 e. The van der Waals surface area contributed by atoms with Gasteiger partial charge in [0.05, 0.1) is 17.5 Å². The molecule has 102 valence electrons. The SMILES string of the molecule is O=C1[C@@H]2[C@H](C(=O)N1c1cccc(Cl)c1)[C@@H]1C=C[C@@H]2CC1. The summed E-state index contributed by atoms with van der Waals surface area (Å²) in [5.41, 5.74) is 0.598. The molecule has 3 aliphatic carbocycles. The maximum absolute atomic E-state index is 12.7. The van der Waals surface area contributed by atoms with Crippen molar-refractivity contribution in [3.8, 4) is 0 Å². The molecule has 2 amide bonds. The third-order valence-electron chi connectivity index (χ3n) is 4.83. The third kappa shape index (κ3) is 1.53. The predicted octanol–water partition coefficient (Wildman–Crippen LogP) is 3.04. The van der Waals surface area contributed by atoms with Gasteiger partial charge in [-0.2, -0.15) is 0 Å². The van der Waals surface area contributed by atoms with Gasteiger partial charge in [0, 0.05) is 5.02 Å². The first-order valence-corrected chi connectivity index (χ1v) is 7.36. The van der Waals surface area contributed by atoms with Crippen molar-refractivity contribution >= 4 is 29.1 Å². The van der Waals surface area contributed by atoms with Gasteiger partial charge in [-0.15, -0.1) is 0 Å². The third-order valence-corrected chi connectivity index (χ3v) is 5.06. The zero-order chi connectivity index (χ0) is 13.9. The molecule has 1 aliphatic heterocycles. The molecule has 0 unspecified atom stereocenters. The fourth-order valence-corrected chi connectivity index (χ4v) is 4.13. The van der Waals surface area contributed by atoms with Gasteiger partial charge in [-0.3, -0.25) is 9.59 Å². The minimum Gasteiger partial charge on any atom is -0.274 e. The molecule has 0 aromatic heterocycles. The Morgan fingerprint density at radius 3 is 2.10 bits per heavy atom. The van der Waals surface area contributed by atoms with Crippen LogP contribution in [0.1, 0.15) is 12.8 Å². The van der Waals surface area contributed by atoms with Crippen molar-refractivity contribution in [2.45, 2.75) is 12.8 Å². The van der Waals surface area contributed by atoms with Gasteiger partial charge in [-0.1, -0.05) is 29.8 Å². The molecule has 1 saturated heterocycles. The van der Waals surface area contributed by atoms with Crippen molar-refractivity contribution < 1.29 is 9.59 Å². The van der Waals surface area contributed by atoms with Crippen LogP contribution >= 0.6 is 11.6 Å². The standard InChI is InChI=1S/C16H14ClNO2/c17-11-2-1-3-12(8-11)18-15(19)13-9-4-5-10(7-6-9)14(13)16(18)20/h1-5,8-10,13-14H,6-7H2/t9-,10-,13-,14+/m1/s1. The summed E-state index contributed by atoms with van der Waals surface area (Å²) in [5.74, 6) is 0.0226. The van der Waals surface area contributed by atoms with Crippen LogP contribution in [-0.4, -0.2) is 11.8 Å². The summed E-state index contributed by atoms with van der Waals surface area (Å²) >= 11 is 5.98. The van der Waals surface area contributed by atoms with E-state index in [4.69, 9.17) is 11.6 Å². The number of nitrogens with zero attached hydrogens (tertiary/aromatic N) is 1. The molecular formula is C16H14ClNO2. The molecule has 1 heterocycles. The lowest BCUT2D eigenvalue weighted by Crippen LogP contribution is -2.38. The Morgan fingerprint density at radius 1 is 1.00 bits per heavy atom. The fourth-order valence-electron chi connectivity index (χ4n) is 3.94. The maximum atomic E-state index is 12.7. The van der Waals surface area contributed by atoms with E-state index in [1.807, 2.05) is 0 Å². The van der Waals surface area contributed by atoms with E-state index in [2.05, 4.69) is 12.2 Å². The average Bonchev–Trinajstić information content (AvgIpc) is 2.74. The molecule has 3 nitrogen and oxygen atoms in total. The van der Waals surface area contributed by atoms with E-state index in [1.165, 1.54) is 4.90 Å². The summed E-state index contributed by atoms with van der Waals surface area (Å²) < 4.78 is 0. The number of anilines is 1. The highest BCUT2D eigenvalue weighted by Gasteiger charge is 2.56. The van der Waals surface area contributed by atoms with Crippen molar-refractivity contribution in [2.75, 3.05) is 4.90 Å². The number of hydrogen-bond acceptors (Lipinski definition) is 2. The van der Waals surface area contributed by atoms with E-state index in [1.54, 1.807) is 24.3 Å². The average molecular weight is 288 g/mol. The molecule has 2 fully saturated rings. The summed E-state index contributed by atoms with van der Waals surface area (Å²) in [5, 5.41) is 0.541. The molecule has 4 heteroatoms. The lowest BCUT2D eigenvalue weighted by atomic mass is 9.63. The van der Waals surface area contributed by atoms with Gasteiger partial charge in [-0.25, -0.2) is 4.90 Å². The van der Waals surface area contributed by atoms with Gasteiger partial charge in [0.2, 0.25) is 11.8 Å². The van der Waals surface area contributed by atoms with Crippen molar-refractivity contribution in [1.82, 2.24) is 0 Å². The molecule has 4 atom stereocenters. The van der Waals surface area contributed by atoms with Crippen LogP contribution in [0.2, 0.25) is 5.02 Å². The van der Waals surface area contributed by atoms with E-state index in [9.17, 15) is 9.59 Å². The first-order chi connectivity index (χ1) is 9.66. The van der Waals surface area contributed by atoms with Crippen molar-refractivity contribution in [2.24, 2.45) is 23.7 Å². The predicted molar refractivity (Wildman–Crippen MR) is 76.3 cm³/mol. The molecule has 0 spiro atoms. The Hall–Kier alpha value is -1.61. The van der Waals surface area contributed by atoms with E-state index < -0.39 is 0 Å². The summed E-state index contributed by atoms with van der Waals surface area (Å²) in [6, 6.07) is 6.97. The highest BCUT2D eigenvalue weighted by Crippen LogP contribution is 2.50. The Kier molecular flexibility index (Phi) is 2.55. The monoisotopic (exact) mass is 287 g/mol. The minimum absolute atomic E-state index is 0.0543. The number of amides is 2. The number of hydrogen-bond donors (Lipinski definition) is 0. The second-order valence-corrected chi connectivity index (χ2v) is 6.27. The van der Waals surface area contributed by atoms with Gasteiger partial charge in [-0.05, 0) is 42.9 Å². The Balaban J connectivity index is 1.77. The largest absolute Gasteiger partial charge is 0.274 e. The van der Waals surface area contributed by atoms with Crippen LogP contribution in [0.4, 0.5) is 5.69 Å². The van der Waals surface area contributed by atoms with Crippen LogP contribution in [0.25, 0.3) is 0 Å². The number of halogens is 1. The van der Waals surface area contributed by atoms with Crippen LogP contribution in [0, 0.1) is 23.7 Å². The van der Waals surface area contributed by atoms with Crippen LogP contribution in [0.3, 0.4) is 0 Å². The normalized spacial score (nSPS) is 34.8.